The van der Waals surface area contributed by atoms with Gasteiger partial charge in [-0.1, -0.05) is 34.6 Å². The summed E-state index contributed by atoms with van der Waals surface area (Å²) < 4.78 is 33.2. The van der Waals surface area contributed by atoms with Gasteiger partial charge in [0.25, 0.3) is 0 Å². The molecule has 3 unspecified atom stereocenters. The first kappa shape index (κ1) is 31.8. The van der Waals surface area contributed by atoms with Crippen molar-refractivity contribution in [3.8, 4) is 0 Å². The first-order chi connectivity index (χ1) is 19.8. The molecular weight excluding hydrogens is 544 g/mol. The predicted molar refractivity (Wildman–Crippen MR) is 163 cm³/mol. The molecule has 6 rings (SSSR count). The zero-order valence-corrected chi connectivity index (χ0v) is 28.8. The van der Waals surface area contributed by atoms with Crippen LogP contribution in [0.4, 0.5) is 0 Å². The Kier molecular flexibility index (Phi) is 6.98. The quantitative estimate of drug-likeness (QED) is 0.304. The Morgan fingerprint density at radius 2 is 1.47 bits per heavy atom. The monoisotopic (exact) mass is 602 g/mol. The molecule has 0 N–H and O–H groups in total. The molecule has 2 heterocycles. The number of carbonyl (C=O) groups excluding carboxylic acids is 2. The molecular formula is C36H58O7. The van der Waals surface area contributed by atoms with E-state index in [4.69, 9.17) is 23.7 Å². The number of carbonyl (C=O) groups is 2. The van der Waals surface area contributed by atoms with Crippen LogP contribution < -0.4 is 0 Å². The molecule has 244 valence electrons. The van der Waals surface area contributed by atoms with Crippen molar-refractivity contribution in [3.63, 3.8) is 0 Å². The Bertz CT molecular complexity index is 1180. The van der Waals surface area contributed by atoms with Gasteiger partial charge in [0.05, 0.1) is 5.60 Å². The molecule has 0 aromatic heterocycles. The van der Waals surface area contributed by atoms with Gasteiger partial charge in [-0.3, -0.25) is 9.59 Å². The van der Waals surface area contributed by atoms with Crippen molar-refractivity contribution in [2.24, 2.45) is 39.4 Å². The van der Waals surface area contributed by atoms with E-state index in [1.807, 2.05) is 6.92 Å². The Morgan fingerprint density at radius 1 is 0.791 bits per heavy atom. The summed E-state index contributed by atoms with van der Waals surface area (Å²) in [4.78, 5) is 24.9. The molecule has 2 bridgehead atoms. The van der Waals surface area contributed by atoms with Crippen molar-refractivity contribution in [2.75, 3.05) is 6.61 Å². The van der Waals surface area contributed by atoms with Crippen LogP contribution in [0.3, 0.4) is 0 Å². The van der Waals surface area contributed by atoms with Gasteiger partial charge in [-0.15, -0.1) is 0 Å². The lowest BCUT2D eigenvalue weighted by molar-refractivity contribution is -0.303. The van der Waals surface area contributed by atoms with Gasteiger partial charge in [0.15, 0.2) is 5.79 Å². The lowest BCUT2D eigenvalue weighted by Gasteiger charge is -2.71. The largest absolute Gasteiger partial charge is 0.462 e. The van der Waals surface area contributed by atoms with Crippen LogP contribution in [0.15, 0.2) is 0 Å². The molecule has 0 amide bonds. The summed E-state index contributed by atoms with van der Waals surface area (Å²) in [5.74, 6) is -0.399. The van der Waals surface area contributed by atoms with E-state index in [1.165, 1.54) is 6.92 Å². The molecule has 0 radical (unpaired) electrons. The van der Waals surface area contributed by atoms with Gasteiger partial charge in [0, 0.05) is 38.2 Å². The van der Waals surface area contributed by atoms with E-state index in [0.29, 0.717) is 18.4 Å². The van der Waals surface area contributed by atoms with Gasteiger partial charge in [0.2, 0.25) is 0 Å². The second-order valence-electron chi connectivity index (χ2n) is 17.3. The molecule has 2 saturated heterocycles. The number of rotatable bonds is 5. The SMILES string of the molecule is CCOC(C)(C)[C@]12CC[C@](C)(O1)[C@]1(CC[C@]3(C)C1C(OC(C)=O)C[C@@H]1[C@@]4(C)CC[C@@H](OC(C)=O)C(C)(C)C4CC[C@]13C)O2. The molecule has 6 fully saturated rings. The Labute approximate surface area is 259 Å². The third kappa shape index (κ3) is 3.89. The van der Waals surface area contributed by atoms with E-state index in [1.54, 1.807) is 6.92 Å². The minimum atomic E-state index is -0.815. The molecule has 11 atom stereocenters. The Morgan fingerprint density at radius 3 is 2.09 bits per heavy atom. The molecule has 43 heavy (non-hydrogen) atoms. The van der Waals surface area contributed by atoms with E-state index in [-0.39, 0.29) is 51.7 Å². The van der Waals surface area contributed by atoms with Crippen LogP contribution in [0.1, 0.15) is 134 Å². The smallest absolute Gasteiger partial charge is 0.302 e. The van der Waals surface area contributed by atoms with Crippen LogP contribution in [-0.4, -0.2) is 53.3 Å². The highest BCUT2D eigenvalue weighted by Gasteiger charge is 2.83. The zero-order valence-electron chi connectivity index (χ0n) is 28.8. The van der Waals surface area contributed by atoms with Crippen LogP contribution in [0.5, 0.6) is 0 Å². The fourth-order valence-electron chi connectivity index (χ4n) is 12.8. The summed E-state index contributed by atoms with van der Waals surface area (Å²) in [7, 11) is 0. The van der Waals surface area contributed by atoms with E-state index in [9.17, 15) is 9.59 Å². The maximum atomic E-state index is 12.8. The van der Waals surface area contributed by atoms with Crippen molar-refractivity contribution >= 4 is 11.9 Å². The van der Waals surface area contributed by atoms with Crippen LogP contribution in [-0.2, 0) is 33.3 Å². The van der Waals surface area contributed by atoms with Crippen LogP contribution in [0.25, 0.3) is 0 Å². The summed E-state index contributed by atoms with van der Waals surface area (Å²) in [6, 6.07) is 0. The summed E-state index contributed by atoms with van der Waals surface area (Å²) in [6.07, 6.45) is 8.26. The molecule has 0 aromatic carbocycles. The first-order valence-corrected chi connectivity index (χ1v) is 17.2. The highest BCUT2D eigenvalue weighted by molar-refractivity contribution is 5.66. The fraction of sp³-hybridized carbons (Fsp3) is 0.944. The normalized spacial score (nSPS) is 51.5. The molecule has 1 spiro atoms. The minimum Gasteiger partial charge on any atom is -0.462 e. The number of hydrogen-bond acceptors (Lipinski definition) is 7. The second kappa shape index (κ2) is 9.44. The van der Waals surface area contributed by atoms with Gasteiger partial charge in [-0.2, -0.15) is 0 Å². The second-order valence-corrected chi connectivity index (χ2v) is 17.3. The molecule has 2 aliphatic heterocycles. The summed E-state index contributed by atoms with van der Waals surface area (Å²) in [5.41, 5.74) is -1.77. The van der Waals surface area contributed by atoms with Crippen molar-refractivity contribution in [2.45, 2.75) is 169 Å². The standard InChI is InChI=1S/C36H58O7/c1-12-39-30(6,7)36-20-18-34(11,42-36)35(43-36)19-17-33(10)28(35)24(40-22(2)37)21-26-31(8)15-14-27(41-23(3)38)29(4,5)25(31)13-16-32(26,33)9/h24-28H,12-21H2,1-11H3/t24?,25?,26-,27-,28?,31+,32-,33-,34+,35-,36-/m1/s1. The van der Waals surface area contributed by atoms with Crippen molar-refractivity contribution in [1.29, 1.82) is 0 Å². The number of esters is 2. The molecule has 4 saturated carbocycles. The molecule has 7 heteroatoms. The number of ether oxygens (including phenoxy) is 5. The first-order valence-electron chi connectivity index (χ1n) is 17.2. The van der Waals surface area contributed by atoms with Gasteiger partial charge >= 0.3 is 11.9 Å². The Hall–Kier alpha value is -1.18. The topological polar surface area (TPSA) is 80.3 Å². The van der Waals surface area contributed by atoms with Gasteiger partial charge < -0.3 is 23.7 Å². The van der Waals surface area contributed by atoms with Gasteiger partial charge in [-0.05, 0) is 107 Å². The predicted octanol–water partition coefficient (Wildman–Crippen LogP) is 7.38. The fourth-order valence-corrected chi connectivity index (χ4v) is 12.8. The van der Waals surface area contributed by atoms with Crippen molar-refractivity contribution < 1.29 is 33.3 Å². The molecule has 7 nitrogen and oxygen atoms in total. The van der Waals surface area contributed by atoms with Crippen LogP contribution in [0.2, 0.25) is 0 Å². The average Bonchev–Trinajstić information content (AvgIpc) is 3.48. The third-order valence-electron chi connectivity index (χ3n) is 14.9. The molecule has 4 aliphatic carbocycles. The van der Waals surface area contributed by atoms with Crippen LogP contribution in [0, 0.1) is 39.4 Å². The molecule has 6 aliphatic rings. The van der Waals surface area contributed by atoms with Crippen LogP contribution >= 0.6 is 0 Å². The lowest BCUT2D eigenvalue weighted by Crippen LogP contribution is -2.70. The third-order valence-corrected chi connectivity index (χ3v) is 14.9. The maximum Gasteiger partial charge on any atom is 0.302 e. The van der Waals surface area contributed by atoms with Gasteiger partial charge in [-0.25, -0.2) is 0 Å². The number of hydrogen-bond donors (Lipinski definition) is 0. The van der Waals surface area contributed by atoms with E-state index < -0.39 is 22.6 Å². The highest BCUT2D eigenvalue weighted by atomic mass is 16.8. The van der Waals surface area contributed by atoms with Crippen molar-refractivity contribution in [1.82, 2.24) is 0 Å². The zero-order chi connectivity index (χ0) is 31.6. The van der Waals surface area contributed by atoms with E-state index in [2.05, 4.69) is 55.4 Å². The molecule has 0 aromatic rings. The Balaban J connectivity index is 1.43. The van der Waals surface area contributed by atoms with E-state index in [0.717, 1.165) is 57.8 Å². The minimum absolute atomic E-state index is 0.0281. The average molecular weight is 603 g/mol. The number of fused-ring (bicyclic) bond motifs is 9. The van der Waals surface area contributed by atoms with Gasteiger partial charge in [0.1, 0.15) is 23.4 Å². The highest BCUT2D eigenvalue weighted by Crippen LogP contribution is 2.79. The lowest BCUT2D eigenvalue weighted by atomic mass is 9.35. The maximum absolute atomic E-state index is 12.8. The van der Waals surface area contributed by atoms with Crippen molar-refractivity contribution in [3.05, 3.63) is 0 Å². The summed E-state index contributed by atoms with van der Waals surface area (Å²) in [5, 5.41) is 0. The summed E-state index contributed by atoms with van der Waals surface area (Å²) in [6.45, 7) is 24.4. The summed E-state index contributed by atoms with van der Waals surface area (Å²) >= 11 is 0. The van der Waals surface area contributed by atoms with E-state index >= 15 is 0 Å².